The molecule has 0 unspecified atom stereocenters. The third-order valence-electron chi connectivity index (χ3n) is 5.11. The first-order chi connectivity index (χ1) is 12.1. The van der Waals surface area contributed by atoms with Crippen molar-refractivity contribution in [3.05, 3.63) is 48.0 Å². The largest absolute Gasteiger partial charge is 0.497 e. The molecule has 0 aliphatic carbocycles. The van der Waals surface area contributed by atoms with E-state index in [1.807, 2.05) is 18.2 Å². The van der Waals surface area contributed by atoms with Gasteiger partial charge < -0.3 is 14.6 Å². The molecule has 3 heterocycles. The lowest BCUT2D eigenvalue weighted by atomic mass is 9.73. The SMILES string of the molecule is COc1ccc2c(c1)OC[C@]1(C(=O)O)CN(Cc3ncccn3)C[C@H]21. The highest BCUT2D eigenvalue weighted by molar-refractivity contribution is 5.78. The van der Waals surface area contributed by atoms with Crippen LogP contribution in [-0.2, 0) is 11.3 Å². The number of aliphatic carboxylic acids is 1. The van der Waals surface area contributed by atoms with Crippen molar-refractivity contribution in [1.29, 1.82) is 0 Å². The van der Waals surface area contributed by atoms with Crippen molar-refractivity contribution >= 4 is 5.97 Å². The quantitative estimate of drug-likeness (QED) is 0.903. The normalized spacial score (nSPS) is 24.9. The number of benzene rings is 1. The Balaban J connectivity index is 1.66. The van der Waals surface area contributed by atoms with Crippen LogP contribution in [0.2, 0.25) is 0 Å². The van der Waals surface area contributed by atoms with E-state index in [4.69, 9.17) is 9.47 Å². The molecule has 1 saturated heterocycles. The van der Waals surface area contributed by atoms with Gasteiger partial charge in [-0.3, -0.25) is 9.69 Å². The summed E-state index contributed by atoms with van der Waals surface area (Å²) in [5.41, 5.74) is -0.0259. The Morgan fingerprint density at radius 1 is 1.44 bits per heavy atom. The second-order valence-electron chi connectivity index (χ2n) is 6.54. The van der Waals surface area contributed by atoms with Gasteiger partial charge in [-0.2, -0.15) is 0 Å². The van der Waals surface area contributed by atoms with Gasteiger partial charge in [-0.05, 0) is 12.1 Å². The minimum absolute atomic E-state index is 0.136. The molecule has 0 radical (unpaired) electrons. The monoisotopic (exact) mass is 341 g/mol. The van der Waals surface area contributed by atoms with Crippen LogP contribution in [0.15, 0.2) is 36.7 Å². The number of aromatic nitrogens is 2. The van der Waals surface area contributed by atoms with Crippen LogP contribution in [0.5, 0.6) is 11.5 Å². The van der Waals surface area contributed by atoms with Crippen molar-refractivity contribution in [2.45, 2.75) is 12.5 Å². The lowest BCUT2D eigenvalue weighted by Gasteiger charge is -2.36. The smallest absolute Gasteiger partial charge is 0.315 e. The van der Waals surface area contributed by atoms with E-state index in [1.165, 1.54) is 0 Å². The predicted octanol–water partition coefficient (Wildman–Crippen LogP) is 1.55. The first-order valence-electron chi connectivity index (χ1n) is 8.15. The van der Waals surface area contributed by atoms with Gasteiger partial charge in [0.15, 0.2) is 0 Å². The van der Waals surface area contributed by atoms with Crippen molar-refractivity contribution in [2.24, 2.45) is 5.41 Å². The number of fused-ring (bicyclic) bond motifs is 3. The highest BCUT2D eigenvalue weighted by atomic mass is 16.5. The molecule has 0 bridgehead atoms. The maximum absolute atomic E-state index is 12.1. The third-order valence-corrected chi connectivity index (χ3v) is 5.11. The van der Waals surface area contributed by atoms with Gasteiger partial charge in [-0.25, -0.2) is 9.97 Å². The minimum atomic E-state index is -0.948. The summed E-state index contributed by atoms with van der Waals surface area (Å²) in [5, 5.41) is 9.95. The zero-order chi connectivity index (χ0) is 17.4. The lowest BCUT2D eigenvalue weighted by Crippen LogP contribution is -2.45. The number of nitrogens with zero attached hydrogens (tertiary/aromatic N) is 3. The number of carboxylic acids is 1. The Morgan fingerprint density at radius 2 is 2.24 bits per heavy atom. The molecule has 2 atom stereocenters. The van der Waals surface area contributed by atoms with Crippen LogP contribution in [0.4, 0.5) is 0 Å². The minimum Gasteiger partial charge on any atom is -0.497 e. The molecule has 1 aromatic carbocycles. The maximum atomic E-state index is 12.1. The van der Waals surface area contributed by atoms with Crippen LogP contribution in [-0.4, -0.2) is 52.7 Å². The van der Waals surface area contributed by atoms with Crippen LogP contribution < -0.4 is 9.47 Å². The predicted molar refractivity (Wildman–Crippen MR) is 88.6 cm³/mol. The van der Waals surface area contributed by atoms with Crippen molar-refractivity contribution in [1.82, 2.24) is 14.9 Å². The van der Waals surface area contributed by atoms with Gasteiger partial charge in [0.1, 0.15) is 29.3 Å². The molecule has 1 fully saturated rings. The van der Waals surface area contributed by atoms with Gasteiger partial charge in [0.05, 0.1) is 13.7 Å². The summed E-state index contributed by atoms with van der Waals surface area (Å²) >= 11 is 0. The Bertz CT molecular complexity index is 798. The lowest BCUT2D eigenvalue weighted by molar-refractivity contribution is -0.151. The van der Waals surface area contributed by atoms with E-state index in [0.717, 1.165) is 5.56 Å². The van der Waals surface area contributed by atoms with Crippen molar-refractivity contribution in [3.8, 4) is 11.5 Å². The van der Waals surface area contributed by atoms with Crippen molar-refractivity contribution < 1.29 is 19.4 Å². The summed E-state index contributed by atoms with van der Waals surface area (Å²) < 4.78 is 11.1. The van der Waals surface area contributed by atoms with Gasteiger partial charge in [0.2, 0.25) is 0 Å². The van der Waals surface area contributed by atoms with E-state index in [-0.39, 0.29) is 12.5 Å². The van der Waals surface area contributed by atoms with Gasteiger partial charge in [0.25, 0.3) is 0 Å². The highest BCUT2D eigenvalue weighted by Crippen LogP contribution is 2.50. The maximum Gasteiger partial charge on any atom is 0.315 e. The number of ether oxygens (including phenoxy) is 2. The summed E-state index contributed by atoms with van der Waals surface area (Å²) in [7, 11) is 1.60. The van der Waals surface area contributed by atoms with Crippen LogP contribution in [0.1, 0.15) is 17.3 Å². The first kappa shape index (κ1) is 15.8. The molecule has 7 heteroatoms. The van der Waals surface area contributed by atoms with Crippen LogP contribution in [0.25, 0.3) is 0 Å². The molecular formula is C18H19N3O4. The summed E-state index contributed by atoms with van der Waals surface area (Å²) in [6, 6.07) is 7.36. The van der Waals surface area contributed by atoms with Crippen molar-refractivity contribution in [3.63, 3.8) is 0 Å². The molecule has 1 N–H and O–H groups in total. The van der Waals surface area contributed by atoms with E-state index in [2.05, 4.69) is 14.9 Å². The topological polar surface area (TPSA) is 84.8 Å². The number of hydrogen-bond donors (Lipinski definition) is 1. The first-order valence-corrected chi connectivity index (χ1v) is 8.15. The Labute approximate surface area is 145 Å². The van der Waals surface area contributed by atoms with Crippen LogP contribution in [0.3, 0.4) is 0 Å². The molecule has 4 rings (SSSR count). The summed E-state index contributed by atoms with van der Waals surface area (Å²) in [6.45, 7) is 1.72. The van der Waals surface area contributed by atoms with Gasteiger partial charge in [-0.1, -0.05) is 6.07 Å². The number of rotatable bonds is 4. The van der Waals surface area contributed by atoms with E-state index in [0.29, 0.717) is 37.0 Å². The van der Waals surface area contributed by atoms with Gasteiger partial charge in [0, 0.05) is 43.0 Å². The second kappa shape index (κ2) is 6.00. The Hall–Kier alpha value is -2.67. The average Bonchev–Trinajstić information content (AvgIpc) is 3.02. The Kier molecular flexibility index (Phi) is 3.80. The molecule has 2 aliphatic heterocycles. The van der Waals surface area contributed by atoms with E-state index < -0.39 is 11.4 Å². The zero-order valence-corrected chi connectivity index (χ0v) is 13.9. The van der Waals surface area contributed by atoms with E-state index in [1.54, 1.807) is 25.6 Å². The molecular weight excluding hydrogens is 322 g/mol. The average molecular weight is 341 g/mol. The number of carboxylic acid groups (broad SMARTS) is 1. The molecule has 2 aliphatic rings. The van der Waals surface area contributed by atoms with Gasteiger partial charge >= 0.3 is 5.97 Å². The fourth-order valence-electron chi connectivity index (χ4n) is 3.82. The molecule has 0 saturated carbocycles. The number of carbonyl (C=O) groups is 1. The second-order valence-corrected chi connectivity index (χ2v) is 6.54. The third kappa shape index (κ3) is 2.60. The Morgan fingerprint density at radius 3 is 2.96 bits per heavy atom. The van der Waals surface area contributed by atoms with Crippen LogP contribution in [0, 0.1) is 5.41 Å². The summed E-state index contributed by atoms with van der Waals surface area (Å²) in [4.78, 5) is 22.7. The molecule has 0 amide bonds. The fourth-order valence-corrected chi connectivity index (χ4v) is 3.82. The number of likely N-dealkylation sites (tertiary alicyclic amines) is 1. The summed E-state index contributed by atoms with van der Waals surface area (Å²) in [5.74, 6) is 1.14. The molecule has 7 nitrogen and oxygen atoms in total. The number of hydrogen-bond acceptors (Lipinski definition) is 6. The van der Waals surface area contributed by atoms with Crippen LogP contribution >= 0.6 is 0 Å². The molecule has 2 aromatic rings. The molecule has 1 aromatic heterocycles. The standard InChI is InChI=1S/C18H19N3O4/c1-24-12-3-4-13-14-8-21(9-16-19-5-2-6-20-16)10-18(14,17(22)23)11-25-15(13)7-12/h2-7,14H,8-11H2,1H3,(H,22,23)/t14-,18-/m1/s1. The molecule has 0 spiro atoms. The van der Waals surface area contributed by atoms with Crippen molar-refractivity contribution in [2.75, 3.05) is 26.8 Å². The number of methoxy groups -OCH3 is 1. The highest BCUT2D eigenvalue weighted by Gasteiger charge is 2.56. The summed E-state index contributed by atoms with van der Waals surface area (Å²) in [6.07, 6.45) is 3.40. The fraction of sp³-hybridized carbons (Fsp3) is 0.389. The molecule has 130 valence electrons. The van der Waals surface area contributed by atoms with E-state index in [9.17, 15) is 9.90 Å². The van der Waals surface area contributed by atoms with E-state index >= 15 is 0 Å². The zero-order valence-electron chi connectivity index (χ0n) is 13.9. The van der Waals surface area contributed by atoms with Gasteiger partial charge in [-0.15, -0.1) is 0 Å². The molecule has 25 heavy (non-hydrogen) atoms.